The van der Waals surface area contributed by atoms with Crippen molar-refractivity contribution in [2.45, 2.75) is 39.3 Å². The Morgan fingerprint density at radius 3 is 2.67 bits per heavy atom. The number of halogens is 1. The van der Waals surface area contributed by atoms with Crippen LogP contribution in [0.2, 0.25) is 0 Å². The number of nitrogens with one attached hydrogen (secondary N) is 2. The third-order valence-electron chi connectivity index (χ3n) is 4.45. The van der Waals surface area contributed by atoms with Gasteiger partial charge < -0.3 is 24.8 Å². The molecule has 1 aromatic carbocycles. The molecule has 164 valence electrons. The fourth-order valence-electron chi connectivity index (χ4n) is 3.01. The van der Waals surface area contributed by atoms with E-state index in [2.05, 4.69) is 27.5 Å². The normalized spacial score (nSPS) is 15.9. The van der Waals surface area contributed by atoms with Gasteiger partial charge in [0.15, 0.2) is 17.5 Å². The van der Waals surface area contributed by atoms with Crippen LogP contribution in [-0.4, -0.2) is 43.4 Å². The number of nitrogens with zero attached hydrogens (tertiary/aromatic N) is 2. The quantitative estimate of drug-likeness (QED) is 0.291. The Bertz CT molecular complexity index is 780. The van der Waals surface area contributed by atoms with Gasteiger partial charge in [-0.2, -0.15) is 0 Å². The molecule has 1 fully saturated rings. The lowest BCUT2D eigenvalue weighted by atomic mass is 10.2. The fourth-order valence-corrected chi connectivity index (χ4v) is 3.01. The zero-order valence-corrected chi connectivity index (χ0v) is 19.9. The average molecular weight is 526 g/mol. The molecular formula is C22H31IN4O3. The molecule has 3 rings (SSSR count). The van der Waals surface area contributed by atoms with Crippen LogP contribution in [-0.2, 0) is 11.3 Å². The van der Waals surface area contributed by atoms with Gasteiger partial charge >= 0.3 is 0 Å². The lowest BCUT2D eigenvalue weighted by Gasteiger charge is -2.14. The summed E-state index contributed by atoms with van der Waals surface area (Å²) in [5, 5.41) is 6.61. The van der Waals surface area contributed by atoms with Crippen LogP contribution in [0.25, 0.3) is 0 Å². The SMILES string of the molecule is CCNC(=NCc1ccc(Oc2ccccc2OCC)nc1)NCC1CCCO1.I. The minimum Gasteiger partial charge on any atom is -0.490 e. The number of ether oxygens (including phenoxy) is 3. The first-order chi connectivity index (χ1) is 14.3. The zero-order chi connectivity index (χ0) is 20.3. The first-order valence-corrected chi connectivity index (χ1v) is 10.3. The molecule has 0 radical (unpaired) electrons. The summed E-state index contributed by atoms with van der Waals surface area (Å²) in [5.74, 6) is 2.67. The molecule has 1 saturated heterocycles. The van der Waals surface area contributed by atoms with E-state index in [9.17, 15) is 0 Å². The maximum Gasteiger partial charge on any atom is 0.219 e. The molecule has 0 amide bonds. The van der Waals surface area contributed by atoms with Gasteiger partial charge in [0.25, 0.3) is 0 Å². The minimum atomic E-state index is 0. The Hall–Kier alpha value is -2.07. The van der Waals surface area contributed by atoms with Crippen LogP contribution >= 0.6 is 24.0 Å². The number of guanidine groups is 1. The largest absolute Gasteiger partial charge is 0.490 e. The molecule has 2 N–H and O–H groups in total. The van der Waals surface area contributed by atoms with Crippen LogP contribution in [0.1, 0.15) is 32.3 Å². The predicted molar refractivity (Wildman–Crippen MR) is 129 cm³/mol. The highest BCUT2D eigenvalue weighted by Crippen LogP contribution is 2.30. The van der Waals surface area contributed by atoms with Gasteiger partial charge in [0.05, 0.1) is 19.3 Å². The summed E-state index contributed by atoms with van der Waals surface area (Å²) in [4.78, 5) is 9.04. The summed E-state index contributed by atoms with van der Waals surface area (Å²) in [7, 11) is 0. The molecule has 2 heterocycles. The molecule has 0 spiro atoms. The monoisotopic (exact) mass is 526 g/mol. The van der Waals surface area contributed by atoms with E-state index in [4.69, 9.17) is 14.2 Å². The van der Waals surface area contributed by atoms with Crippen molar-refractivity contribution in [2.75, 3.05) is 26.3 Å². The molecule has 1 aliphatic rings. The molecular weight excluding hydrogens is 495 g/mol. The molecule has 1 aromatic heterocycles. The lowest BCUT2D eigenvalue weighted by molar-refractivity contribution is 0.114. The van der Waals surface area contributed by atoms with Crippen molar-refractivity contribution >= 4 is 29.9 Å². The van der Waals surface area contributed by atoms with E-state index < -0.39 is 0 Å². The minimum absolute atomic E-state index is 0. The number of aliphatic imine (C=N–C) groups is 1. The van der Waals surface area contributed by atoms with Crippen LogP contribution in [0, 0.1) is 0 Å². The van der Waals surface area contributed by atoms with Crippen molar-refractivity contribution in [3.8, 4) is 17.4 Å². The number of aromatic nitrogens is 1. The Morgan fingerprint density at radius 2 is 2.00 bits per heavy atom. The van der Waals surface area contributed by atoms with Gasteiger partial charge in [0, 0.05) is 32.0 Å². The third kappa shape index (κ3) is 7.64. The van der Waals surface area contributed by atoms with Crippen molar-refractivity contribution in [2.24, 2.45) is 4.99 Å². The molecule has 1 atom stereocenters. The van der Waals surface area contributed by atoms with Crippen LogP contribution in [0.4, 0.5) is 0 Å². The van der Waals surface area contributed by atoms with Crippen molar-refractivity contribution in [3.05, 3.63) is 48.2 Å². The average Bonchev–Trinajstić information content (AvgIpc) is 3.26. The standard InChI is InChI=1S/C22H30N4O3.HI/c1-3-23-22(26-16-18-8-7-13-28-18)25-15-17-11-12-21(24-14-17)29-20-10-6-5-9-19(20)27-4-2;/h5-6,9-12,14,18H,3-4,7-8,13,15-16H2,1-2H3,(H2,23,25,26);1H. The number of pyridine rings is 1. The highest BCUT2D eigenvalue weighted by atomic mass is 127. The molecule has 7 nitrogen and oxygen atoms in total. The van der Waals surface area contributed by atoms with E-state index in [-0.39, 0.29) is 30.1 Å². The van der Waals surface area contributed by atoms with Crippen LogP contribution < -0.4 is 20.1 Å². The summed E-state index contributed by atoms with van der Waals surface area (Å²) in [6.07, 6.45) is 4.29. The maximum absolute atomic E-state index is 5.87. The lowest BCUT2D eigenvalue weighted by Crippen LogP contribution is -2.41. The van der Waals surface area contributed by atoms with Gasteiger partial charge in [-0.15, -0.1) is 24.0 Å². The number of benzene rings is 1. The second kappa shape index (κ2) is 13.3. The van der Waals surface area contributed by atoms with Crippen LogP contribution in [0.5, 0.6) is 17.4 Å². The highest BCUT2D eigenvalue weighted by molar-refractivity contribution is 14.0. The topological polar surface area (TPSA) is 77.0 Å². The summed E-state index contributed by atoms with van der Waals surface area (Å²) in [6, 6.07) is 11.4. The summed E-state index contributed by atoms with van der Waals surface area (Å²) in [5.41, 5.74) is 1.00. The van der Waals surface area contributed by atoms with Crippen molar-refractivity contribution in [3.63, 3.8) is 0 Å². The highest BCUT2D eigenvalue weighted by Gasteiger charge is 2.15. The molecule has 1 unspecified atom stereocenters. The Kier molecular flexibility index (Phi) is 10.7. The summed E-state index contributed by atoms with van der Waals surface area (Å²) >= 11 is 0. The van der Waals surface area contributed by atoms with Gasteiger partial charge in [-0.25, -0.2) is 9.98 Å². The smallest absolute Gasteiger partial charge is 0.219 e. The number of para-hydroxylation sites is 2. The maximum atomic E-state index is 5.87. The Balaban J connectivity index is 0.00000320. The first kappa shape index (κ1) is 24.2. The number of rotatable bonds is 9. The second-order valence-corrected chi connectivity index (χ2v) is 6.70. The second-order valence-electron chi connectivity index (χ2n) is 6.70. The number of hydrogen-bond acceptors (Lipinski definition) is 5. The van der Waals surface area contributed by atoms with Gasteiger partial charge in [0.1, 0.15) is 0 Å². The Labute approximate surface area is 195 Å². The summed E-state index contributed by atoms with van der Waals surface area (Å²) < 4.78 is 17.1. The number of hydrogen-bond donors (Lipinski definition) is 2. The molecule has 1 aliphatic heterocycles. The van der Waals surface area contributed by atoms with Gasteiger partial charge in [-0.1, -0.05) is 18.2 Å². The van der Waals surface area contributed by atoms with E-state index in [1.165, 1.54) is 0 Å². The fraction of sp³-hybridized carbons (Fsp3) is 0.455. The van der Waals surface area contributed by atoms with E-state index in [0.29, 0.717) is 30.5 Å². The van der Waals surface area contributed by atoms with E-state index in [1.807, 2.05) is 43.3 Å². The molecule has 0 saturated carbocycles. The van der Waals surface area contributed by atoms with E-state index in [1.54, 1.807) is 6.20 Å². The van der Waals surface area contributed by atoms with Crippen LogP contribution in [0.3, 0.4) is 0 Å². The molecule has 0 aliphatic carbocycles. The van der Waals surface area contributed by atoms with E-state index in [0.717, 1.165) is 44.1 Å². The summed E-state index contributed by atoms with van der Waals surface area (Å²) in [6.45, 7) is 7.55. The molecule has 8 heteroatoms. The van der Waals surface area contributed by atoms with Crippen molar-refractivity contribution in [1.29, 1.82) is 0 Å². The van der Waals surface area contributed by atoms with E-state index >= 15 is 0 Å². The van der Waals surface area contributed by atoms with Gasteiger partial charge in [-0.3, -0.25) is 0 Å². The molecule has 2 aromatic rings. The first-order valence-electron chi connectivity index (χ1n) is 10.3. The third-order valence-corrected chi connectivity index (χ3v) is 4.45. The molecule has 0 bridgehead atoms. The Morgan fingerprint density at radius 1 is 1.17 bits per heavy atom. The predicted octanol–water partition coefficient (Wildman–Crippen LogP) is 4.12. The van der Waals surface area contributed by atoms with Gasteiger partial charge in [0.2, 0.25) is 5.88 Å². The zero-order valence-electron chi connectivity index (χ0n) is 17.6. The van der Waals surface area contributed by atoms with Gasteiger partial charge in [-0.05, 0) is 44.4 Å². The van der Waals surface area contributed by atoms with Crippen LogP contribution in [0.15, 0.2) is 47.6 Å². The van der Waals surface area contributed by atoms with Crippen molar-refractivity contribution < 1.29 is 14.2 Å². The molecule has 30 heavy (non-hydrogen) atoms. The van der Waals surface area contributed by atoms with Crippen molar-refractivity contribution in [1.82, 2.24) is 15.6 Å².